The van der Waals surface area contributed by atoms with Crippen LogP contribution in [0.3, 0.4) is 0 Å². The minimum absolute atomic E-state index is 0.168. The van der Waals surface area contributed by atoms with E-state index in [9.17, 15) is 0 Å². The summed E-state index contributed by atoms with van der Waals surface area (Å²) in [6, 6.07) is 6.21. The second kappa shape index (κ2) is 2.83. The van der Waals surface area contributed by atoms with Crippen molar-refractivity contribution in [2.24, 2.45) is 0 Å². The van der Waals surface area contributed by atoms with Crippen molar-refractivity contribution in [3.05, 3.63) is 29.7 Å². The number of rotatable bonds is 1. The molecule has 0 bridgehead atoms. The predicted octanol–water partition coefficient (Wildman–Crippen LogP) is 2.42. The SMILES string of the molecule is Cc1nc2cc(C3(C)COC3)ccc2o1. The first-order valence-corrected chi connectivity index (χ1v) is 5.13. The number of fused-ring (bicyclic) bond motifs is 1. The van der Waals surface area contributed by atoms with E-state index >= 15 is 0 Å². The maximum Gasteiger partial charge on any atom is 0.192 e. The highest BCUT2D eigenvalue weighted by atomic mass is 16.5. The molecule has 0 saturated carbocycles. The highest BCUT2D eigenvalue weighted by Gasteiger charge is 2.35. The Morgan fingerprint density at radius 2 is 2.13 bits per heavy atom. The third kappa shape index (κ3) is 1.27. The Hall–Kier alpha value is -1.35. The summed E-state index contributed by atoms with van der Waals surface area (Å²) in [6.45, 7) is 5.68. The molecule has 1 aliphatic rings. The predicted molar refractivity (Wildman–Crippen MR) is 56.9 cm³/mol. The Labute approximate surface area is 88.1 Å². The molecule has 0 aliphatic carbocycles. The summed E-state index contributed by atoms with van der Waals surface area (Å²) in [4.78, 5) is 4.34. The molecule has 0 unspecified atom stereocenters. The second-order valence-electron chi connectivity index (χ2n) is 4.47. The van der Waals surface area contributed by atoms with Gasteiger partial charge in [-0.25, -0.2) is 4.98 Å². The lowest BCUT2D eigenvalue weighted by molar-refractivity contribution is -0.0499. The zero-order valence-electron chi connectivity index (χ0n) is 8.91. The number of ether oxygens (including phenoxy) is 1. The van der Waals surface area contributed by atoms with Gasteiger partial charge in [-0.15, -0.1) is 0 Å². The Kier molecular flexibility index (Phi) is 1.68. The molecular formula is C12H13NO2. The Balaban J connectivity index is 2.13. The average Bonchev–Trinajstić information content (AvgIpc) is 2.53. The quantitative estimate of drug-likeness (QED) is 0.714. The second-order valence-corrected chi connectivity index (χ2v) is 4.47. The molecule has 1 aliphatic heterocycles. The zero-order chi connectivity index (χ0) is 10.5. The third-order valence-corrected chi connectivity index (χ3v) is 3.03. The molecule has 78 valence electrons. The van der Waals surface area contributed by atoms with Crippen LogP contribution in [0, 0.1) is 6.92 Å². The molecule has 1 saturated heterocycles. The fourth-order valence-electron chi connectivity index (χ4n) is 1.99. The molecule has 3 nitrogen and oxygen atoms in total. The lowest BCUT2D eigenvalue weighted by atomic mass is 9.81. The van der Waals surface area contributed by atoms with Gasteiger partial charge in [0.05, 0.1) is 13.2 Å². The molecule has 0 amide bonds. The van der Waals surface area contributed by atoms with Gasteiger partial charge in [0.1, 0.15) is 5.52 Å². The summed E-state index contributed by atoms with van der Waals surface area (Å²) in [5.74, 6) is 0.720. The molecule has 3 heteroatoms. The maximum atomic E-state index is 5.44. The van der Waals surface area contributed by atoms with Crippen molar-refractivity contribution < 1.29 is 9.15 Å². The standard InChI is InChI=1S/C12H13NO2/c1-8-13-10-5-9(3-4-11(10)15-8)12(2)6-14-7-12/h3-5H,6-7H2,1-2H3. The minimum atomic E-state index is 0.168. The van der Waals surface area contributed by atoms with Crippen molar-refractivity contribution in [1.29, 1.82) is 0 Å². The van der Waals surface area contributed by atoms with Crippen LogP contribution in [0.25, 0.3) is 11.1 Å². The van der Waals surface area contributed by atoms with E-state index in [2.05, 4.69) is 24.0 Å². The average molecular weight is 203 g/mol. The van der Waals surface area contributed by atoms with E-state index in [1.807, 2.05) is 13.0 Å². The van der Waals surface area contributed by atoms with Gasteiger partial charge >= 0.3 is 0 Å². The summed E-state index contributed by atoms with van der Waals surface area (Å²) in [5.41, 5.74) is 3.26. The molecule has 2 aromatic rings. The molecule has 15 heavy (non-hydrogen) atoms. The first-order valence-electron chi connectivity index (χ1n) is 5.13. The van der Waals surface area contributed by atoms with E-state index < -0.39 is 0 Å². The van der Waals surface area contributed by atoms with E-state index in [-0.39, 0.29) is 5.41 Å². The number of benzene rings is 1. The van der Waals surface area contributed by atoms with Gasteiger partial charge in [-0.2, -0.15) is 0 Å². The Bertz CT molecular complexity index is 511. The van der Waals surface area contributed by atoms with Crippen LogP contribution >= 0.6 is 0 Å². The monoisotopic (exact) mass is 203 g/mol. The first-order chi connectivity index (χ1) is 7.17. The third-order valence-electron chi connectivity index (χ3n) is 3.03. The molecular weight excluding hydrogens is 190 g/mol. The molecule has 1 aromatic carbocycles. The van der Waals surface area contributed by atoms with Gasteiger partial charge in [0.15, 0.2) is 11.5 Å². The summed E-state index contributed by atoms with van der Waals surface area (Å²) in [5, 5.41) is 0. The van der Waals surface area contributed by atoms with Crippen molar-refractivity contribution in [3.63, 3.8) is 0 Å². The van der Waals surface area contributed by atoms with Crippen LogP contribution in [-0.2, 0) is 10.2 Å². The Morgan fingerprint density at radius 1 is 1.33 bits per heavy atom. The zero-order valence-corrected chi connectivity index (χ0v) is 8.91. The number of hydrogen-bond acceptors (Lipinski definition) is 3. The Morgan fingerprint density at radius 3 is 2.80 bits per heavy atom. The summed E-state index contributed by atoms with van der Waals surface area (Å²) in [7, 11) is 0. The van der Waals surface area contributed by atoms with Crippen molar-refractivity contribution in [2.45, 2.75) is 19.3 Å². The molecule has 3 rings (SSSR count). The first kappa shape index (κ1) is 8.92. The molecule has 1 fully saturated rings. The van der Waals surface area contributed by atoms with Crippen LogP contribution in [0.5, 0.6) is 0 Å². The number of nitrogens with zero attached hydrogens (tertiary/aromatic N) is 1. The van der Waals surface area contributed by atoms with Gasteiger partial charge in [0.25, 0.3) is 0 Å². The van der Waals surface area contributed by atoms with Gasteiger partial charge in [0, 0.05) is 12.3 Å². The van der Waals surface area contributed by atoms with Crippen molar-refractivity contribution in [2.75, 3.05) is 13.2 Å². The van der Waals surface area contributed by atoms with Crippen molar-refractivity contribution in [1.82, 2.24) is 4.98 Å². The van der Waals surface area contributed by atoms with Crippen LogP contribution < -0.4 is 0 Å². The summed E-state index contributed by atoms with van der Waals surface area (Å²) < 4.78 is 10.7. The lowest BCUT2D eigenvalue weighted by Gasteiger charge is -2.38. The summed E-state index contributed by atoms with van der Waals surface area (Å²) in [6.07, 6.45) is 0. The van der Waals surface area contributed by atoms with Crippen LogP contribution in [-0.4, -0.2) is 18.2 Å². The molecule has 0 spiro atoms. The smallest absolute Gasteiger partial charge is 0.192 e. The van der Waals surface area contributed by atoms with E-state index in [0.29, 0.717) is 0 Å². The van der Waals surface area contributed by atoms with Crippen molar-refractivity contribution in [3.8, 4) is 0 Å². The van der Waals surface area contributed by atoms with Crippen LogP contribution in [0.15, 0.2) is 22.6 Å². The van der Waals surface area contributed by atoms with E-state index in [4.69, 9.17) is 9.15 Å². The largest absolute Gasteiger partial charge is 0.441 e. The minimum Gasteiger partial charge on any atom is -0.441 e. The number of aryl methyl sites for hydroxylation is 1. The molecule has 2 heterocycles. The number of aromatic nitrogens is 1. The van der Waals surface area contributed by atoms with Crippen LogP contribution in [0.1, 0.15) is 18.4 Å². The van der Waals surface area contributed by atoms with Gasteiger partial charge in [-0.05, 0) is 17.7 Å². The van der Waals surface area contributed by atoms with Gasteiger partial charge in [-0.1, -0.05) is 13.0 Å². The molecule has 0 atom stereocenters. The highest BCUT2D eigenvalue weighted by Crippen LogP contribution is 2.33. The fraction of sp³-hybridized carbons (Fsp3) is 0.417. The van der Waals surface area contributed by atoms with Crippen LogP contribution in [0.4, 0.5) is 0 Å². The van der Waals surface area contributed by atoms with Gasteiger partial charge in [0.2, 0.25) is 0 Å². The van der Waals surface area contributed by atoms with Crippen molar-refractivity contribution >= 4 is 11.1 Å². The molecule has 0 radical (unpaired) electrons. The fourth-order valence-corrected chi connectivity index (χ4v) is 1.99. The highest BCUT2D eigenvalue weighted by molar-refractivity contribution is 5.73. The van der Waals surface area contributed by atoms with E-state index in [1.165, 1.54) is 5.56 Å². The normalized spacial score (nSPS) is 19.1. The number of hydrogen-bond donors (Lipinski definition) is 0. The lowest BCUT2D eigenvalue weighted by Crippen LogP contribution is -2.43. The molecule has 1 aromatic heterocycles. The molecule has 0 N–H and O–H groups in total. The number of oxazole rings is 1. The van der Waals surface area contributed by atoms with E-state index in [1.54, 1.807) is 0 Å². The van der Waals surface area contributed by atoms with Crippen LogP contribution in [0.2, 0.25) is 0 Å². The van der Waals surface area contributed by atoms with E-state index in [0.717, 1.165) is 30.2 Å². The van der Waals surface area contributed by atoms with Gasteiger partial charge < -0.3 is 9.15 Å². The summed E-state index contributed by atoms with van der Waals surface area (Å²) >= 11 is 0. The maximum absolute atomic E-state index is 5.44. The topological polar surface area (TPSA) is 35.3 Å². The van der Waals surface area contributed by atoms with Gasteiger partial charge in [-0.3, -0.25) is 0 Å².